The van der Waals surface area contributed by atoms with E-state index in [-0.39, 0.29) is 29.8 Å². The molecule has 0 unspecified atom stereocenters. The Morgan fingerprint density at radius 3 is 2.00 bits per heavy atom. The van der Waals surface area contributed by atoms with Crippen LogP contribution >= 0.6 is 0 Å². The molecule has 0 spiro atoms. The Morgan fingerprint density at radius 1 is 1.06 bits per heavy atom. The number of benzene rings is 1. The second kappa shape index (κ2) is 6.70. The topological polar surface area (TPSA) is 3.24 Å². The fourth-order valence-electron chi connectivity index (χ4n) is 2.66. The van der Waals surface area contributed by atoms with E-state index in [1.807, 2.05) is 12.1 Å². The monoisotopic (exact) mass is 364 g/mol. The number of rotatable bonds is 3. The average molecular weight is 364 g/mol. The van der Waals surface area contributed by atoms with E-state index in [2.05, 4.69) is 18.7 Å². The molecule has 0 N–H and O–H groups in total. The van der Waals surface area contributed by atoms with Crippen molar-refractivity contribution < 1.29 is 32.9 Å². The van der Waals surface area contributed by atoms with Crippen LogP contribution in [0.4, 0.5) is 10.1 Å². The molecule has 1 aromatic rings. The number of hydrogen-bond donors (Lipinski definition) is 0. The highest BCUT2D eigenvalue weighted by Gasteiger charge is 2.29. The zero-order valence-corrected chi connectivity index (χ0v) is 13.4. The van der Waals surface area contributed by atoms with Gasteiger partial charge in [-0.25, -0.2) is 4.39 Å². The maximum absolute atomic E-state index is 12.9. The lowest BCUT2D eigenvalue weighted by Gasteiger charge is -2.44. The Labute approximate surface area is 126 Å². The Balaban J connectivity index is 0.00000162. The summed E-state index contributed by atoms with van der Waals surface area (Å²) in [4.78, 5) is 2.36. The molecule has 1 aliphatic rings. The molecule has 1 heterocycles. The van der Waals surface area contributed by atoms with E-state index in [9.17, 15) is 4.39 Å². The second-order valence-corrected chi connectivity index (χ2v) is 4.88. The van der Waals surface area contributed by atoms with Crippen molar-refractivity contribution in [3.63, 3.8) is 0 Å². The number of halogens is 2. The Bertz CT molecular complexity index is 353. The fraction of sp³-hybridized carbons (Fsp3) is 0.571. The first-order chi connectivity index (χ1) is 8.19. The van der Waals surface area contributed by atoms with Crippen LogP contribution in [-0.4, -0.2) is 43.8 Å². The SMILES string of the molecule is CC[N+]1(CC)CCN(c2ccc(F)cc2)CC1.[I-]. The van der Waals surface area contributed by atoms with Crippen LogP contribution in [0, 0.1) is 5.82 Å². The summed E-state index contributed by atoms with van der Waals surface area (Å²) in [5, 5.41) is 0. The lowest BCUT2D eigenvalue weighted by atomic mass is 10.2. The summed E-state index contributed by atoms with van der Waals surface area (Å²) in [6.45, 7) is 11.5. The zero-order chi connectivity index (χ0) is 12.3. The first-order valence-corrected chi connectivity index (χ1v) is 6.55. The van der Waals surface area contributed by atoms with Gasteiger partial charge in [-0.2, -0.15) is 0 Å². The number of piperazine rings is 1. The van der Waals surface area contributed by atoms with Crippen molar-refractivity contribution >= 4 is 5.69 Å². The molecule has 0 aromatic heterocycles. The van der Waals surface area contributed by atoms with Crippen molar-refractivity contribution in [2.75, 3.05) is 44.2 Å². The van der Waals surface area contributed by atoms with Crippen LogP contribution < -0.4 is 28.9 Å². The predicted octanol–water partition coefficient (Wildman–Crippen LogP) is -0.494. The molecule has 0 saturated carbocycles. The predicted molar refractivity (Wildman–Crippen MR) is 69.7 cm³/mol. The lowest BCUT2D eigenvalue weighted by Crippen LogP contribution is -3.00. The highest BCUT2D eigenvalue weighted by Crippen LogP contribution is 2.20. The van der Waals surface area contributed by atoms with Gasteiger partial charge in [-0.1, -0.05) is 0 Å². The summed E-state index contributed by atoms with van der Waals surface area (Å²) in [7, 11) is 0. The molecule has 1 aromatic carbocycles. The molecule has 1 aliphatic heterocycles. The molecular formula is C14H22FIN2. The van der Waals surface area contributed by atoms with E-state index >= 15 is 0 Å². The summed E-state index contributed by atoms with van der Waals surface area (Å²) < 4.78 is 14.1. The molecule has 0 amide bonds. The molecule has 18 heavy (non-hydrogen) atoms. The number of anilines is 1. The summed E-state index contributed by atoms with van der Waals surface area (Å²) in [6, 6.07) is 6.86. The number of likely N-dealkylation sites (N-methyl/N-ethyl adjacent to an activating group) is 1. The first kappa shape index (κ1) is 15.7. The van der Waals surface area contributed by atoms with Crippen LogP contribution in [0.3, 0.4) is 0 Å². The quantitative estimate of drug-likeness (QED) is 0.517. The van der Waals surface area contributed by atoms with E-state index < -0.39 is 0 Å². The summed E-state index contributed by atoms with van der Waals surface area (Å²) in [5.74, 6) is -0.155. The van der Waals surface area contributed by atoms with Crippen LogP contribution in [0.1, 0.15) is 13.8 Å². The minimum atomic E-state index is -0.155. The molecule has 102 valence electrons. The molecule has 0 bridgehead atoms. The number of quaternary nitrogens is 1. The van der Waals surface area contributed by atoms with Crippen molar-refractivity contribution in [3.8, 4) is 0 Å². The Morgan fingerprint density at radius 2 is 1.56 bits per heavy atom. The fourth-order valence-corrected chi connectivity index (χ4v) is 2.66. The van der Waals surface area contributed by atoms with Crippen LogP contribution in [0.25, 0.3) is 0 Å². The molecule has 0 radical (unpaired) electrons. The van der Waals surface area contributed by atoms with Gasteiger partial charge in [0.1, 0.15) is 5.82 Å². The van der Waals surface area contributed by atoms with E-state index in [1.54, 1.807) is 12.1 Å². The maximum atomic E-state index is 12.9. The molecule has 1 fully saturated rings. The van der Waals surface area contributed by atoms with Crippen LogP contribution in [0.15, 0.2) is 24.3 Å². The molecule has 0 aliphatic carbocycles. The molecule has 1 saturated heterocycles. The number of hydrogen-bond acceptors (Lipinski definition) is 1. The van der Waals surface area contributed by atoms with Gasteiger partial charge in [-0.3, -0.25) is 0 Å². The summed E-state index contributed by atoms with van der Waals surface area (Å²) in [6.07, 6.45) is 0. The van der Waals surface area contributed by atoms with Crippen LogP contribution in [0.2, 0.25) is 0 Å². The first-order valence-electron chi connectivity index (χ1n) is 6.55. The Kier molecular flexibility index (Phi) is 5.85. The van der Waals surface area contributed by atoms with Gasteiger partial charge in [0.05, 0.1) is 39.3 Å². The number of nitrogens with zero attached hydrogens (tertiary/aromatic N) is 2. The Hall–Kier alpha value is -0.360. The summed E-state index contributed by atoms with van der Waals surface area (Å²) >= 11 is 0. The van der Waals surface area contributed by atoms with Crippen molar-refractivity contribution in [2.24, 2.45) is 0 Å². The molecule has 4 heteroatoms. The molecule has 2 rings (SSSR count). The minimum Gasteiger partial charge on any atom is -1.00 e. The standard InChI is InChI=1S/C14H22FN2.HI/c1-3-17(4-2)11-9-16(10-12-17)14-7-5-13(15)6-8-14;/h5-8H,3-4,9-12H2,1-2H3;1H/q+1;/p-1. The van der Waals surface area contributed by atoms with Crippen molar-refractivity contribution in [3.05, 3.63) is 30.1 Å². The zero-order valence-electron chi connectivity index (χ0n) is 11.2. The van der Waals surface area contributed by atoms with Gasteiger partial charge >= 0.3 is 0 Å². The second-order valence-electron chi connectivity index (χ2n) is 4.88. The third-order valence-electron chi connectivity index (χ3n) is 4.22. The van der Waals surface area contributed by atoms with Crippen molar-refractivity contribution in [1.82, 2.24) is 0 Å². The third kappa shape index (κ3) is 3.35. The van der Waals surface area contributed by atoms with E-state index in [0.717, 1.165) is 18.8 Å². The smallest absolute Gasteiger partial charge is 0.123 e. The van der Waals surface area contributed by atoms with Crippen LogP contribution in [-0.2, 0) is 0 Å². The normalized spacial score (nSPS) is 18.3. The van der Waals surface area contributed by atoms with E-state index in [1.165, 1.54) is 30.7 Å². The van der Waals surface area contributed by atoms with Gasteiger partial charge < -0.3 is 33.4 Å². The third-order valence-corrected chi connectivity index (χ3v) is 4.22. The van der Waals surface area contributed by atoms with Gasteiger partial charge in [-0.15, -0.1) is 0 Å². The lowest BCUT2D eigenvalue weighted by molar-refractivity contribution is -0.925. The molecule has 2 nitrogen and oxygen atoms in total. The largest absolute Gasteiger partial charge is 1.00 e. The molecule has 0 atom stereocenters. The van der Waals surface area contributed by atoms with E-state index in [4.69, 9.17) is 0 Å². The van der Waals surface area contributed by atoms with Gasteiger partial charge in [0.15, 0.2) is 0 Å². The summed E-state index contributed by atoms with van der Waals surface area (Å²) in [5.41, 5.74) is 1.15. The highest BCUT2D eigenvalue weighted by molar-refractivity contribution is 5.46. The van der Waals surface area contributed by atoms with Crippen LogP contribution in [0.5, 0.6) is 0 Å². The van der Waals surface area contributed by atoms with Crippen molar-refractivity contribution in [1.29, 1.82) is 0 Å². The highest BCUT2D eigenvalue weighted by atomic mass is 127. The van der Waals surface area contributed by atoms with Crippen molar-refractivity contribution in [2.45, 2.75) is 13.8 Å². The molecular weight excluding hydrogens is 342 g/mol. The van der Waals surface area contributed by atoms with Gasteiger partial charge in [0.2, 0.25) is 0 Å². The average Bonchev–Trinajstić information content (AvgIpc) is 2.40. The van der Waals surface area contributed by atoms with E-state index in [0.29, 0.717) is 0 Å². The van der Waals surface area contributed by atoms with Gasteiger partial charge in [0.25, 0.3) is 0 Å². The minimum absolute atomic E-state index is 0. The van der Waals surface area contributed by atoms with Gasteiger partial charge in [-0.05, 0) is 38.1 Å². The van der Waals surface area contributed by atoms with Gasteiger partial charge in [0, 0.05) is 5.69 Å². The maximum Gasteiger partial charge on any atom is 0.123 e.